The number of carbonyl (C=O) groups excluding carboxylic acids is 2. The zero-order chi connectivity index (χ0) is 32.7. The quantitative estimate of drug-likeness (QED) is 0.0685. The van der Waals surface area contributed by atoms with Gasteiger partial charge in [0.05, 0.1) is 19.3 Å². The first-order valence-electron chi connectivity index (χ1n) is 15.3. The van der Waals surface area contributed by atoms with Crippen LogP contribution in [0.3, 0.4) is 0 Å². The molecule has 0 amide bonds. The van der Waals surface area contributed by atoms with Gasteiger partial charge in [-0.15, -0.1) is 0 Å². The number of hydrogen-bond acceptors (Lipinski definition) is 8. The average Bonchev–Trinajstić information content (AvgIpc) is 3.04. The van der Waals surface area contributed by atoms with Gasteiger partial charge in [-0.25, -0.2) is 14.1 Å². The molecule has 0 aliphatic heterocycles. The van der Waals surface area contributed by atoms with Crippen molar-refractivity contribution in [2.45, 2.75) is 84.0 Å². The molecule has 1 aliphatic rings. The molecule has 2 N–H and O–H groups in total. The highest BCUT2D eigenvalue weighted by Gasteiger charge is 2.24. The third-order valence-corrected chi connectivity index (χ3v) is 7.24. The van der Waals surface area contributed by atoms with Gasteiger partial charge in [-0.2, -0.15) is 4.89 Å². The van der Waals surface area contributed by atoms with Crippen molar-refractivity contribution in [3.8, 4) is 22.6 Å². The first kappa shape index (κ1) is 38.5. The number of halogens is 1. The lowest BCUT2D eigenvalue weighted by Crippen LogP contribution is -2.14. The summed E-state index contributed by atoms with van der Waals surface area (Å²) in [4.78, 5) is 40.4. The smallest absolute Gasteiger partial charge is 0.383 e. The molecule has 0 unspecified atom stereocenters. The van der Waals surface area contributed by atoms with Crippen LogP contribution in [-0.4, -0.2) is 42.8 Å². The number of benzene rings is 2. The van der Waals surface area contributed by atoms with Gasteiger partial charge < -0.3 is 15.1 Å². The fourth-order valence-electron chi connectivity index (χ4n) is 4.95. The minimum atomic E-state index is -0.919. The first-order valence-corrected chi connectivity index (χ1v) is 15.3. The maximum atomic E-state index is 15.2. The lowest BCUT2D eigenvalue weighted by Gasteiger charge is -2.29. The number of aliphatic hydroxyl groups excluding tert-OH is 2. The predicted octanol–water partition coefficient (Wildman–Crippen LogP) is 7.82. The molecule has 0 aromatic heterocycles. The van der Waals surface area contributed by atoms with E-state index in [0.717, 1.165) is 24.3 Å². The lowest BCUT2D eigenvalue weighted by molar-refractivity contribution is -0.216. The van der Waals surface area contributed by atoms with Crippen LogP contribution in [0.15, 0.2) is 61.2 Å². The monoisotopic (exact) mass is 616 g/mol. The molecule has 0 bridgehead atoms. The lowest BCUT2D eigenvalue weighted by atomic mass is 9.76. The first-order chi connectivity index (χ1) is 21.3. The Labute approximate surface area is 261 Å². The van der Waals surface area contributed by atoms with E-state index in [4.69, 9.17) is 34.6 Å². The summed E-state index contributed by atoms with van der Waals surface area (Å²) in [6.45, 7) is 10.1. The summed E-state index contributed by atoms with van der Waals surface area (Å²) in [6.07, 6.45) is 14.1. The molecule has 2 aromatic carbocycles. The van der Waals surface area contributed by atoms with Crippen molar-refractivity contribution in [1.29, 1.82) is 0 Å². The van der Waals surface area contributed by atoms with Crippen molar-refractivity contribution in [2.75, 3.05) is 20.3 Å². The number of unbranched alkanes of at least 4 members (excludes halogenated alkanes) is 4. The van der Waals surface area contributed by atoms with Gasteiger partial charge in [-0.1, -0.05) is 76.8 Å². The molecule has 1 fully saturated rings. The van der Waals surface area contributed by atoms with Crippen molar-refractivity contribution in [1.82, 2.24) is 0 Å². The Morgan fingerprint density at radius 3 is 2.14 bits per heavy atom. The van der Waals surface area contributed by atoms with E-state index in [-0.39, 0.29) is 35.4 Å². The summed E-state index contributed by atoms with van der Waals surface area (Å²) >= 11 is 0. The number of rotatable bonds is 15. The Kier molecular flexibility index (Phi) is 20.1. The van der Waals surface area contributed by atoms with E-state index in [1.165, 1.54) is 70.6 Å². The van der Waals surface area contributed by atoms with Gasteiger partial charge >= 0.3 is 5.97 Å². The zero-order valence-corrected chi connectivity index (χ0v) is 26.4. The highest BCUT2D eigenvalue weighted by Crippen LogP contribution is 2.40. The molecule has 244 valence electrons. The molecule has 0 radical (unpaired) electrons. The molecule has 3 rings (SSSR count). The van der Waals surface area contributed by atoms with Crippen LogP contribution in [0.1, 0.15) is 89.5 Å². The molecule has 8 nitrogen and oxygen atoms in total. The summed E-state index contributed by atoms with van der Waals surface area (Å²) < 4.78 is 15.2. The molecule has 0 spiro atoms. The SMILES string of the molecule is C=C(CO)C(=O)OOc1cc(-c2ccc(C3CCC(CCCCCCC)CC3)c(F)c2)ccc1OOC.C=CC=O.CCO. The van der Waals surface area contributed by atoms with Gasteiger partial charge in [0.2, 0.25) is 11.5 Å². The van der Waals surface area contributed by atoms with Crippen molar-refractivity contribution in [3.05, 3.63) is 72.6 Å². The second-order valence-corrected chi connectivity index (χ2v) is 10.5. The Balaban J connectivity index is 0.00000125. The van der Waals surface area contributed by atoms with E-state index in [2.05, 4.69) is 20.1 Å². The number of aliphatic hydroxyl groups is 2. The Morgan fingerprint density at radius 1 is 0.955 bits per heavy atom. The highest BCUT2D eigenvalue weighted by molar-refractivity contribution is 5.87. The molecular formula is C35H49FO8. The minimum absolute atomic E-state index is 0.0518. The fourth-order valence-corrected chi connectivity index (χ4v) is 4.95. The van der Waals surface area contributed by atoms with Crippen molar-refractivity contribution >= 4 is 12.3 Å². The molecule has 0 atom stereocenters. The molecule has 2 aromatic rings. The fraction of sp³-hybridized carbons (Fsp3) is 0.486. The highest BCUT2D eigenvalue weighted by atomic mass is 19.1. The third-order valence-electron chi connectivity index (χ3n) is 7.24. The average molecular weight is 617 g/mol. The van der Waals surface area contributed by atoms with E-state index < -0.39 is 12.6 Å². The van der Waals surface area contributed by atoms with Crippen molar-refractivity contribution in [3.63, 3.8) is 0 Å². The summed E-state index contributed by atoms with van der Waals surface area (Å²) in [7, 11) is 1.33. The van der Waals surface area contributed by atoms with Crippen LogP contribution < -0.4 is 9.78 Å². The van der Waals surface area contributed by atoms with Crippen LogP contribution >= 0.6 is 0 Å². The van der Waals surface area contributed by atoms with E-state index in [1.54, 1.807) is 25.1 Å². The molecule has 1 saturated carbocycles. The summed E-state index contributed by atoms with van der Waals surface area (Å²) in [5.41, 5.74) is 1.91. The maximum Gasteiger partial charge on any atom is 0.383 e. The molecule has 0 heterocycles. The number of hydrogen-bond donors (Lipinski definition) is 2. The van der Waals surface area contributed by atoms with Crippen molar-refractivity contribution < 1.29 is 43.7 Å². The summed E-state index contributed by atoms with van der Waals surface area (Å²) in [5.74, 6) is 0.100. The molecular weight excluding hydrogens is 567 g/mol. The van der Waals surface area contributed by atoms with Crippen LogP contribution in [0, 0.1) is 11.7 Å². The van der Waals surface area contributed by atoms with Gasteiger partial charge in [0.25, 0.3) is 0 Å². The zero-order valence-electron chi connectivity index (χ0n) is 26.4. The number of allylic oxidation sites excluding steroid dienone is 1. The number of aldehydes is 1. The van der Waals surface area contributed by atoms with Crippen molar-refractivity contribution in [2.24, 2.45) is 5.92 Å². The van der Waals surface area contributed by atoms with Gasteiger partial charge in [-0.05, 0) is 85.4 Å². The topological polar surface area (TPSA) is 112 Å². The maximum absolute atomic E-state index is 15.2. The van der Waals surface area contributed by atoms with E-state index in [0.29, 0.717) is 17.4 Å². The van der Waals surface area contributed by atoms with Gasteiger partial charge in [0, 0.05) is 6.61 Å². The van der Waals surface area contributed by atoms with Crippen LogP contribution in [0.5, 0.6) is 11.5 Å². The van der Waals surface area contributed by atoms with Crippen LogP contribution in [-0.2, 0) is 19.4 Å². The van der Waals surface area contributed by atoms with Gasteiger partial charge in [-0.3, -0.25) is 9.68 Å². The van der Waals surface area contributed by atoms with Gasteiger partial charge in [0.15, 0.2) is 0 Å². The summed E-state index contributed by atoms with van der Waals surface area (Å²) in [5, 5.41) is 16.6. The third kappa shape index (κ3) is 13.8. The van der Waals surface area contributed by atoms with Crippen LogP contribution in [0.2, 0.25) is 0 Å². The molecule has 44 heavy (non-hydrogen) atoms. The molecule has 9 heteroatoms. The minimum Gasteiger partial charge on any atom is -0.397 e. The Bertz CT molecular complexity index is 1140. The Hall–Kier alpha value is -3.53. The normalized spacial score (nSPS) is 15.4. The second kappa shape index (κ2) is 22.9. The van der Waals surface area contributed by atoms with Gasteiger partial charge in [0.1, 0.15) is 12.1 Å². The molecule has 1 aliphatic carbocycles. The van der Waals surface area contributed by atoms with E-state index >= 15 is 4.39 Å². The summed E-state index contributed by atoms with van der Waals surface area (Å²) in [6, 6.07) is 10.2. The molecule has 0 saturated heterocycles. The van der Waals surface area contributed by atoms with Crippen LogP contribution in [0.4, 0.5) is 4.39 Å². The second-order valence-electron chi connectivity index (χ2n) is 10.5. The van der Waals surface area contributed by atoms with E-state index in [1.807, 2.05) is 12.1 Å². The number of carbonyl (C=O) groups is 2. The standard InChI is InChI=1S/C30H39FO6.C3H4O.C2H6O/c1-4-5-6-7-8-9-22-10-12-23(13-11-22)26-16-14-24(18-27(26)31)25-15-17-28(35-34-3)29(19-25)36-37-30(33)21(2)20-32;1-2-3-4;1-2-3/h14-19,22-23,32H,2,4-13,20H2,1,3H3;2-3H,1H2;3H,2H2,1H3. The van der Waals surface area contributed by atoms with E-state index in [9.17, 15) is 4.79 Å². The van der Waals surface area contributed by atoms with Crippen LogP contribution in [0.25, 0.3) is 11.1 Å². The predicted molar refractivity (Wildman–Crippen MR) is 170 cm³/mol. The largest absolute Gasteiger partial charge is 0.397 e. The Morgan fingerprint density at radius 2 is 1.57 bits per heavy atom.